The highest BCUT2D eigenvalue weighted by molar-refractivity contribution is 5.23. The first-order valence-electron chi connectivity index (χ1n) is 7.94. The van der Waals surface area contributed by atoms with Gasteiger partial charge in [0.25, 0.3) is 0 Å². The van der Waals surface area contributed by atoms with Gasteiger partial charge in [-0.3, -0.25) is 4.90 Å². The molecule has 1 saturated heterocycles. The van der Waals surface area contributed by atoms with Gasteiger partial charge in [-0.15, -0.1) is 0 Å². The Kier molecular flexibility index (Phi) is 4.27. The van der Waals surface area contributed by atoms with E-state index in [1.54, 1.807) is 0 Å². The third-order valence-electron chi connectivity index (χ3n) is 4.50. The van der Waals surface area contributed by atoms with Crippen LogP contribution in [0, 0.1) is 0 Å². The lowest BCUT2D eigenvalue weighted by atomic mass is 9.95. The Morgan fingerprint density at radius 1 is 1.18 bits per heavy atom. The van der Waals surface area contributed by atoms with E-state index in [-0.39, 0.29) is 18.0 Å². The summed E-state index contributed by atoms with van der Waals surface area (Å²) in [6.45, 7) is 8.01. The molecule has 1 aromatic heterocycles. The Balaban J connectivity index is 1.73. The van der Waals surface area contributed by atoms with E-state index >= 15 is 0 Å². The van der Waals surface area contributed by atoms with Crippen LogP contribution in [0.4, 0.5) is 0 Å². The summed E-state index contributed by atoms with van der Waals surface area (Å²) in [6.07, 6.45) is 0. The number of aromatic nitrogens is 2. The first-order chi connectivity index (χ1) is 10.6. The van der Waals surface area contributed by atoms with Gasteiger partial charge in [0.05, 0.1) is 6.04 Å². The van der Waals surface area contributed by atoms with Gasteiger partial charge in [0.1, 0.15) is 0 Å². The maximum absolute atomic E-state index is 6.36. The Bertz CT molecular complexity index is 610. The molecule has 1 fully saturated rings. The van der Waals surface area contributed by atoms with Gasteiger partial charge < -0.3 is 10.3 Å². The average Bonchev–Trinajstić information content (AvgIpc) is 3.14. The molecule has 1 aliphatic rings. The topological polar surface area (TPSA) is 68.2 Å². The molecule has 0 radical (unpaired) electrons. The molecule has 0 bridgehead atoms. The molecule has 2 aromatic rings. The predicted molar refractivity (Wildman–Crippen MR) is 85.5 cm³/mol. The van der Waals surface area contributed by atoms with Crippen molar-refractivity contribution in [1.29, 1.82) is 0 Å². The number of nitrogens with zero attached hydrogens (tertiary/aromatic N) is 3. The van der Waals surface area contributed by atoms with Crippen LogP contribution in [-0.4, -0.2) is 34.2 Å². The zero-order valence-corrected chi connectivity index (χ0v) is 13.4. The first kappa shape index (κ1) is 15.2. The average molecular weight is 300 g/mol. The lowest BCUT2D eigenvalue weighted by molar-refractivity contribution is 0.205. The van der Waals surface area contributed by atoms with Crippen LogP contribution in [0.5, 0.6) is 0 Å². The molecule has 1 aliphatic heterocycles. The molecule has 3 atom stereocenters. The Morgan fingerprint density at radius 2 is 1.91 bits per heavy atom. The van der Waals surface area contributed by atoms with Gasteiger partial charge in [0, 0.05) is 31.0 Å². The molecule has 1 unspecified atom stereocenters. The summed E-state index contributed by atoms with van der Waals surface area (Å²) in [7, 11) is 0. The fourth-order valence-corrected chi connectivity index (χ4v) is 3.04. The number of benzene rings is 1. The van der Waals surface area contributed by atoms with Crippen LogP contribution in [0.25, 0.3) is 0 Å². The largest absolute Gasteiger partial charge is 0.338 e. The summed E-state index contributed by atoms with van der Waals surface area (Å²) in [5.41, 5.74) is 7.67. The van der Waals surface area contributed by atoms with E-state index in [4.69, 9.17) is 10.3 Å². The Hall–Kier alpha value is -1.72. The molecule has 0 aliphatic carbocycles. The summed E-state index contributed by atoms with van der Waals surface area (Å²) in [5, 5.41) is 4.06. The van der Waals surface area contributed by atoms with Gasteiger partial charge in [-0.05, 0) is 12.5 Å². The van der Waals surface area contributed by atoms with Crippen LogP contribution >= 0.6 is 0 Å². The fraction of sp³-hybridized carbons (Fsp3) is 0.529. The van der Waals surface area contributed by atoms with Crippen LogP contribution in [-0.2, 0) is 0 Å². The van der Waals surface area contributed by atoms with E-state index in [9.17, 15) is 0 Å². The van der Waals surface area contributed by atoms with E-state index in [1.165, 1.54) is 5.56 Å². The third-order valence-corrected chi connectivity index (χ3v) is 4.50. The van der Waals surface area contributed by atoms with Crippen LogP contribution in [0.15, 0.2) is 34.9 Å². The van der Waals surface area contributed by atoms with Gasteiger partial charge in [-0.1, -0.05) is 49.3 Å². The monoisotopic (exact) mass is 300 g/mol. The van der Waals surface area contributed by atoms with Crippen molar-refractivity contribution in [2.45, 2.75) is 44.7 Å². The molecule has 0 spiro atoms. The van der Waals surface area contributed by atoms with Crippen molar-refractivity contribution in [3.63, 3.8) is 0 Å². The van der Waals surface area contributed by atoms with E-state index in [1.807, 2.05) is 6.07 Å². The quantitative estimate of drug-likeness (QED) is 0.940. The number of nitrogens with two attached hydrogens (primary N) is 1. The second kappa shape index (κ2) is 6.18. The van der Waals surface area contributed by atoms with Gasteiger partial charge >= 0.3 is 0 Å². The van der Waals surface area contributed by atoms with Crippen molar-refractivity contribution in [3.8, 4) is 0 Å². The van der Waals surface area contributed by atoms with Crippen LogP contribution in [0.1, 0.15) is 55.9 Å². The molecule has 2 N–H and O–H groups in total. The van der Waals surface area contributed by atoms with Crippen LogP contribution < -0.4 is 5.73 Å². The van der Waals surface area contributed by atoms with E-state index < -0.39 is 0 Å². The molecule has 0 saturated carbocycles. The number of rotatable bonds is 4. The number of hydrogen-bond acceptors (Lipinski definition) is 5. The lowest BCUT2D eigenvalue weighted by Gasteiger charge is -2.20. The van der Waals surface area contributed by atoms with Crippen LogP contribution in [0.3, 0.4) is 0 Å². The van der Waals surface area contributed by atoms with E-state index in [0.717, 1.165) is 18.9 Å². The standard InChI is InChI=1S/C17H24N4O/c1-11(2)16-19-17(22-20-16)12(3)21-9-14(15(18)10-21)13-7-5-4-6-8-13/h4-8,11-12,14-15H,9-10,18H2,1-3H3/t12?,14-,15+/m0/s1. The number of likely N-dealkylation sites (tertiary alicyclic amines) is 1. The minimum Gasteiger partial charge on any atom is -0.338 e. The van der Waals surface area contributed by atoms with Crippen molar-refractivity contribution < 1.29 is 4.52 Å². The molecule has 22 heavy (non-hydrogen) atoms. The summed E-state index contributed by atoms with van der Waals surface area (Å²) < 4.78 is 5.43. The van der Waals surface area contributed by atoms with Gasteiger partial charge in [-0.2, -0.15) is 4.98 Å². The van der Waals surface area contributed by atoms with Crippen molar-refractivity contribution in [2.24, 2.45) is 5.73 Å². The number of hydrogen-bond donors (Lipinski definition) is 1. The smallest absolute Gasteiger partial charge is 0.243 e. The molecular formula is C17H24N4O. The minimum absolute atomic E-state index is 0.0970. The third kappa shape index (κ3) is 2.91. The fourth-order valence-electron chi connectivity index (χ4n) is 3.04. The van der Waals surface area contributed by atoms with Gasteiger partial charge in [0.15, 0.2) is 5.82 Å². The first-order valence-corrected chi connectivity index (χ1v) is 7.94. The van der Waals surface area contributed by atoms with Crippen LogP contribution in [0.2, 0.25) is 0 Å². The van der Waals surface area contributed by atoms with Crippen molar-refractivity contribution in [1.82, 2.24) is 15.0 Å². The SMILES string of the molecule is CC(C)c1noc(C(C)N2C[C@@H](N)[C@H](c3ccccc3)C2)n1. The van der Waals surface area contributed by atoms with Gasteiger partial charge in [-0.25, -0.2) is 0 Å². The van der Waals surface area contributed by atoms with Crippen molar-refractivity contribution in [3.05, 3.63) is 47.6 Å². The zero-order valence-electron chi connectivity index (χ0n) is 13.4. The highest BCUT2D eigenvalue weighted by atomic mass is 16.5. The molecule has 118 valence electrons. The molecule has 5 nitrogen and oxygen atoms in total. The Morgan fingerprint density at radius 3 is 2.55 bits per heavy atom. The maximum atomic E-state index is 6.36. The van der Waals surface area contributed by atoms with Crippen molar-refractivity contribution in [2.75, 3.05) is 13.1 Å². The molecular weight excluding hydrogens is 276 g/mol. The predicted octanol–water partition coefficient (Wildman–Crippen LogP) is 2.68. The molecule has 3 rings (SSSR count). The normalized spacial score (nSPS) is 24.0. The summed E-state index contributed by atoms with van der Waals surface area (Å²) in [5.74, 6) is 2.09. The second-order valence-corrected chi connectivity index (χ2v) is 6.46. The highest BCUT2D eigenvalue weighted by Crippen LogP contribution is 2.32. The summed E-state index contributed by atoms with van der Waals surface area (Å²) in [4.78, 5) is 6.85. The summed E-state index contributed by atoms with van der Waals surface area (Å²) in [6, 6.07) is 10.7. The molecule has 1 aromatic carbocycles. The zero-order chi connectivity index (χ0) is 15.7. The molecule has 0 amide bonds. The van der Waals surface area contributed by atoms with E-state index in [0.29, 0.717) is 11.8 Å². The van der Waals surface area contributed by atoms with Gasteiger partial charge in [0.2, 0.25) is 5.89 Å². The van der Waals surface area contributed by atoms with E-state index in [2.05, 4.69) is 60.1 Å². The Labute approximate surface area is 131 Å². The van der Waals surface area contributed by atoms with Crippen molar-refractivity contribution >= 4 is 0 Å². The molecule has 5 heteroatoms. The second-order valence-electron chi connectivity index (χ2n) is 6.46. The lowest BCUT2D eigenvalue weighted by Crippen LogP contribution is -2.30. The highest BCUT2D eigenvalue weighted by Gasteiger charge is 2.35. The maximum Gasteiger partial charge on any atom is 0.243 e. The summed E-state index contributed by atoms with van der Waals surface area (Å²) >= 11 is 0. The minimum atomic E-state index is 0.0970. The molecule has 2 heterocycles.